The monoisotopic (exact) mass is 188 g/mol. The molecule has 0 aromatic carbocycles. The summed E-state index contributed by atoms with van der Waals surface area (Å²) in [6.07, 6.45) is 0. The van der Waals surface area contributed by atoms with Crippen molar-refractivity contribution in [3.63, 3.8) is 0 Å². The summed E-state index contributed by atoms with van der Waals surface area (Å²) in [6, 6.07) is 0. The largest absolute Gasteiger partial charge is 0.383 e. The Morgan fingerprint density at radius 1 is 1.33 bits per heavy atom. The summed E-state index contributed by atoms with van der Waals surface area (Å²) in [5, 5.41) is 7.73. The number of carbonyl (C=O) groups is 1. The van der Waals surface area contributed by atoms with E-state index >= 15 is 0 Å². The van der Waals surface area contributed by atoms with Crippen molar-refractivity contribution in [2.24, 2.45) is 0 Å². The van der Waals surface area contributed by atoms with E-state index in [-0.39, 0.29) is 5.91 Å². The molecule has 4 heteroatoms. The molecular weight excluding hydrogens is 172 g/mol. The Morgan fingerprint density at radius 2 is 1.92 bits per heavy atom. The molecule has 0 fully saturated rings. The lowest BCUT2D eigenvalue weighted by molar-refractivity contribution is -0.117. The summed E-state index contributed by atoms with van der Waals surface area (Å²) in [7, 11) is 3.36. The van der Waals surface area contributed by atoms with Crippen molar-refractivity contribution in [3.05, 3.63) is 11.1 Å². The summed E-state index contributed by atoms with van der Waals surface area (Å²) >= 11 is 1.62. The van der Waals surface area contributed by atoms with E-state index in [1.807, 2.05) is 5.41 Å². The summed E-state index contributed by atoms with van der Waals surface area (Å²) in [4.78, 5) is 11.1. The van der Waals surface area contributed by atoms with Crippen molar-refractivity contribution in [2.45, 2.75) is 19.1 Å². The van der Waals surface area contributed by atoms with Gasteiger partial charge in [-0.05, 0) is 5.41 Å². The second-order valence-electron chi connectivity index (χ2n) is 2.55. The molecule has 0 saturated heterocycles. The van der Waals surface area contributed by atoms with Crippen molar-refractivity contribution >= 4 is 17.7 Å². The van der Waals surface area contributed by atoms with Gasteiger partial charge < -0.3 is 10.6 Å². The minimum atomic E-state index is -0.0781. The molecule has 0 aliphatic heterocycles. The van der Waals surface area contributed by atoms with E-state index in [1.54, 1.807) is 25.9 Å². The lowest BCUT2D eigenvalue weighted by Gasteiger charge is -2.05. The standard InChI is InChI=1S/C8H16N2OS/c1-6(2)12-5-7(9-3)8(11)10-4/h5-6,9H,1-4H3,(H,10,11)/b7-5-. The average molecular weight is 188 g/mol. The van der Waals surface area contributed by atoms with E-state index in [2.05, 4.69) is 24.5 Å². The number of nitrogens with one attached hydrogen (secondary N) is 2. The Morgan fingerprint density at radius 3 is 2.25 bits per heavy atom. The molecule has 0 bridgehead atoms. The van der Waals surface area contributed by atoms with Crippen LogP contribution in [0.5, 0.6) is 0 Å². The van der Waals surface area contributed by atoms with Crippen molar-refractivity contribution in [1.82, 2.24) is 10.6 Å². The van der Waals surface area contributed by atoms with Gasteiger partial charge in [0, 0.05) is 19.3 Å². The van der Waals surface area contributed by atoms with Crippen molar-refractivity contribution in [2.75, 3.05) is 14.1 Å². The number of thioether (sulfide) groups is 1. The van der Waals surface area contributed by atoms with Gasteiger partial charge in [-0.1, -0.05) is 13.8 Å². The molecular formula is C8H16N2OS. The summed E-state index contributed by atoms with van der Waals surface area (Å²) < 4.78 is 0. The number of rotatable bonds is 4. The highest BCUT2D eigenvalue weighted by atomic mass is 32.2. The van der Waals surface area contributed by atoms with Crippen molar-refractivity contribution < 1.29 is 4.79 Å². The van der Waals surface area contributed by atoms with E-state index in [9.17, 15) is 4.79 Å². The van der Waals surface area contributed by atoms with Gasteiger partial charge in [-0.3, -0.25) is 4.79 Å². The first kappa shape index (κ1) is 11.4. The molecule has 0 aromatic heterocycles. The Balaban J connectivity index is 4.13. The zero-order chi connectivity index (χ0) is 9.56. The van der Waals surface area contributed by atoms with Crippen LogP contribution in [0.3, 0.4) is 0 Å². The van der Waals surface area contributed by atoms with Crippen LogP contribution in [-0.4, -0.2) is 25.3 Å². The second-order valence-corrected chi connectivity index (χ2v) is 4.00. The van der Waals surface area contributed by atoms with Gasteiger partial charge in [0.15, 0.2) is 0 Å². The maximum atomic E-state index is 11.1. The van der Waals surface area contributed by atoms with Crippen LogP contribution in [0.15, 0.2) is 11.1 Å². The van der Waals surface area contributed by atoms with Crippen LogP contribution in [0.4, 0.5) is 0 Å². The van der Waals surface area contributed by atoms with Gasteiger partial charge >= 0.3 is 0 Å². The quantitative estimate of drug-likeness (QED) is 0.645. The highest BCUT2D eigenvalue weighted by molar-refractivity contribution is 8.02. The first-order valence-corrected chi connectivity index (χ1v) is 4.81. The smallest absolute Gasteiger partial charge is 0.267 e. The van der Waals surface area contributed by atoms with Gasteiger partial charge in [0.05, 0.1) is 0 Å². The molecule has 0 aliphatic carbocycles. The van der Waals surface area contributed by atoms with Crippen molar-refractivity contribution in [3.8, 4) is 0 Å². The topological polar surface area (TPSA) is 41.1 Å². The van der Waals surface area contributed by atoms with Gasteiger partial charge in [0.1, 0.15) is 5.70 Å². The van der Waals surface area contributed by atoms with Crippen LogP contribution >= 0.6 is 11.8 Å². The molecule has 12 heavy (non-hydrogen) atoms. The summed E-state index contributed by atoms with van der Waals surface area (Å²) in [5.74, 6) is -0.0781. The Bertz CT molecular complexity index is 178. The number of hydrogen-bond acceptors (Lipinski definition) is 3. The molecule has 0 rings (SSSR count). The molecule has 0 aromatic rings. The molecule has 1 amide bonds. The minimum absolute atomic E-state index is 0.0781. The number of amides is 1. The maximum absolute atomic E-state index is 11.1. The van der Waals surface area contributed by atoms with Crippen LogP contribution in [-0.2, 0) is 4.79 Å². The van der Waals surface area contributed by atoms with Gasteiger partial charge in [0.2, 0.25) is 0 Å². The first-order chi connectivity index (χ1) is 5.61. The zero-order valence-electron chi connectivity index (χ0n) is 7.97. The molecule has 0 heterocycles. The second kappa shape index (κ2) is 5.94. The highest BCUT2D eigenvalue weighted by Crippen LogP contribution is 2.12. The molecule has 0 radical (unpaired) electrons. The average Bonchev–Trinajstić information content (AvgIpc) is 2.04. The summed E-state index contributed by atoms with van der Waals surface area (Å²) in [5.41, 5.74) is 0.608. The first-order valence-electron chi connectivity index (χ1n) is 3.87. The van der Waals surface area contributed by atoms with E-state index in [0.29, 0.717) is 10.9 Å². The lowest BCUT2D eigenvalue weighted by Crippen LogP contribution is -2.26. The molecule has 0 aliphatic rings. The predicted octanol–water partition coefficient (Wildman–Crippen LogP) is 0.935. The molecule has 3 nitrogen and oxygen atoms in total. The Kier molecular flexibility index (Phi) is 5.62. The third-order valence-electron chi connectivity index (χ3n) is 1.20. The van der Waals surface area contributed by atoms with Crippen LogP contribution in [0.1, 0.15) is 13.8 Å². The van der Waals surface area contributed by atoms with E-state index in [0.717, 1.165) is 0 Å². The fraction of sp³-hybridized carbons (Fsp3) is 0.625. The Hall–Kier alpha value is -0.640. The third-order valence-corrected chi connectivity index (χ3v) is 2.12. The van der Waals surface area contributed by atoms with Gasteiger partial charge in [-0.15, -0.1) is 11.8 Å². The molecule has 0 spiro atoms. The maximum Gasteiger partial charge on any atom is 0.267 e. The van der Waals surface area contributed by atoms with Gasteiger partial charge in [0.25, 0.3) is 5.91 Å². The fourth-order valence-corrected chi connectivity index (χ4v) is 1.20. The summed E-state index contributed by atoms with van der Waals surface area (Å²) in [6.45, 7) is 4.16. The molecule has 0 atom stereocenters. The van der Waals surface area contributed by atoms with E-state index < -0.39 is 0 Å². The third kappa shape index (κ3) is 4.28. The zero-order valence-corrected chi connectivity index (χ0v) is 8.79. The van der Waals surface area contributed by atoms with Crippen LogP contribution in [0.2, 0.25) is 0 Å². The van der Waals surface area contributed by atoms with Gasteiger partial charge in [-0.2, -0.15) is 0 Å². The number of hydrogen-bond donors (Lipinski definition) is 2. The molecule has 70 valence electrons. The van der Waals surface area contributed by atoms with Crippen LogP contribution < -0.4 is 10.6 Å². The Labute approximate surface area is 78.0 Å². The SMILES string of the molecule is CNC(=O)/C(=C/SC(C)C)NC. The normalized spacial score (nSPS) is 11.6. The van der Waals surface area contributed by atoms with Crippen LogP contribution in [0, 0.1) is 0 Å². The number of likely N-dealkylation sites (N-methyl/N-ethyl adjacent to an activating group) is 2. The minimum Gasteiger partial charge on any atom is -0.383 e. The number of carbonyl (C=O) groups excluding carboxylic acids is 1. The molecule has 0 saturated carbocycles. The fourth-order valence-electron chi connectivity index (χ4n) is 0.565. The molecule has 0 unspecified atom stereocenters. The van der Waals surface area contributed by atoms with Crippen LogP contribution in [0.25, 0.3) is 0 Å². The highest BCUT2D eigenvalue weighted by Gasteiger charge is 2.03. The predicted molar refractivity (Wildman–Crippen MR) is 53.9 cm³/mol. The van der Waals surface area contributed by atoms with E-state index in [4.69, 9.17) is 0 Å². The van der Waals surface area contributed by atoms with Gasteiger partial charge in [-0.25, -0.2) is 0 Å². The molecule has 2 N–H and O–H groups in total. The van der Waals surface area contributed by atoms with Crippen molar-refractivity contribution in [1.29, 1.82) is 0 Å². The van der Waals surface area contributed by atoms with E-state index in [1.165, 1.54) is 0 Å². The lowest BCUT2D eigenvalue weighted by atomic mass is 10.5.